The summed E-state index contributed by atoms with van der Waals surface area (Å²) in [6, 6.07) is 100. The van der Waals surface area contributed by atoms with Gasteiger partial charge in [0.1, 0.15) is 0 Å². The zero-order valence-corrected chi connectivity index (χ0v) is 42.9. The molecule has 0 fully saturated rings. The zero-order chi connectivity index (χ0) is 49.8. The first-order valence-electron chi connectivity index (χ1n) is 26.8. The lowest BCUT2D eigenvalue weighted by atomic mass is 9.31. The van der Waals surface area contributed by atoms with E-state index in [2.05, 4.69) is 278 Å². The molecule has 4 aliphatic rings. The Morgan fingerprint density at radius 2 is 0.684 bits per heavy atom. The van der Waals surface area contributed by atoms with E-state index in [9.17, 15) is 0 Å². The molecule has 350 valence electrons. The van der Waals surface area contributed by atoms with Crippen molar-refractivity contribution in [3.63, 3.8) is 0 Å². The quantitative estimate of drug-likeness (QED) is 0.0931. The van der Waals surface area contributed by atoms with Gasteiger partial charge in [0.2, 0.25) is 13.4 Å². The van der Waals surface area contributed by atoms with Gasteiger partial charge in [0.05, 0.1) is 0 Å². The normalized spacial score (nSPS) is 13.5. The van der Waals surface area contributed by atoms with Gasteiger partial charge in [0.25, 0.3) is 0 Å². The highest BCUT2D eigenvalue weighted by atomic mass is 28.3. The van der Waals surface area contributed by atoms with Gasteiger partial charge in [-0.1, -0.05) is 223 Å². The summed E-state index contributed by atoms with van der Waals surface area (Å²) >= 11 is 0. The lowest BCUT2D eigenvalue weighted by molar-refractivity contribution is 1.29. The van der Waals surface area contributed by atoms with Crippen LogP contribution in [0, 0.1) is 6.92 Å². The van der Waals surface area contributed by atoms with Crippen LogP contribution in [0.1, 0.15) is 5.56 Å². The Hall–Kier alpha value is -9.15. The Morgan fingerprint density at radius 1 is 0.303 bits per heavy atom. The average molecular weight is 977 g/mol. The van der Waals surface area contributed by atoms with Gasteiger partial charge in [-0.3, -0.25) is 0 Å². The molecular formula is C71H46B2N2Si. The van der Waals surface area contributed by atoms with E-state index >= 15 is 0 Å². The van der Waals surface area contributed by atoms with Gasteiger partial charge >= 0.3 is 0 Å². The van der Waals surface area contributed by atoms with Crippen molar-refractivity contribution in [1.29, 1.82) is 0 Å². The summed E-state index contributed by atoms with van der Waals surface area (Å²) < 4.78 is 0. The molecule has 4 aliphatic heterocycles. The Kier molecular flexibility index (Phi) is 8.72. The second-order valence-corrected chi connectivity index (χ2v) is 25.2. The number of rotatable bonds is 6. The topological polar surface area (TPSA) is 6.48 Å². The van der Waals surface area contributed by atoms with Gasteiger partial charge in [-0.25, -0.2) is 0 Å². The molecule has 0 spiro atoms. The molecule has 0 radical (unpaired) electrons. The maximum absolute atomic E-state index is 3.19. The van der Waals surface area contributed by atoms with Crippen LogP contribution in [0.3, 0.4) is 0 Å². The van der Waals surface area contributed by atoms with Gasteiger partial charge in [0.15, 0.2) is 8.07 Å². The monoisotopic (exact) mass is 976 g/mol. The number of hydrogen-bond donors (Lipinski definition) is 0. The zero-order valence-electron chi connectivity index (χ0n) is 41.9. The van der Waals surface area contributed by atoms with E-state index in [1.165, 1.54) is 148 Å². The van der Waals surface area contributed by atoms with Crippen LogP contribution >= 0.6 is 0 Å². The highest BCUT2D eigenvalue weighted by Gasteiger charge is 2.48. The van der Waals surface area contributed by atoms with Crippen LogP contribution in [-0.2, 0) is 0 Å². The van der Waals surface area contributed by atoms with E-state index in [1.807, 2.05) is 0 Å². The lowest BCUT2D eigenvalue weighted by Crippen LogP contribution is -2.75. The first-order valence-corrected chi connectivity index (χ1v) is 28.8. The third kappa shape index (κ3) is 5.42. The van der Waals surface area contributed by atoms with Crippen LogP contribution in [0.2, 0.25) is 0 Å². The van der Waals surface area contributed by atoms with Crippen molar-refractivity contribution in [2.24, 2.45) is 0 Å². The number of para-hydroxylation sites is 4. The first kappa shape index (κ1) is 42.2. The molecule has 5 heteroatoms. The maximum atomic E-state index is 2.73. The smallest absolute Gasteiger partial charge is 0.248 e. The molecule has 0 unspecified atom stereocenters. The van der Waals surface area contributed by atoms with E-state index in [-0.39, 0.29) is 13.4 Å². The Labute approximate surface area is 444 Å². The number of benzene rings is 13. The van der Waals surface area contributed by atoms with E-state index in [1.54, 1.807) is 0 Å². The van der Waals surface area contributed by atoms with Crippen LogP contribution in [0.15, 0.2) is 261 Å². The molecule has 76 heavy (non-hydrogen) atoms. The number of hydrogen-bond acceptors (Lipinski definition) is 2. The number of fused-ring (bicyclic) bond motifs is 8. The second kappa shape index (κ2) is 15.7. The number of anilines is 6. The molecule has 17 rings (SSSR count). The predicted octanol–water partition coefficient (Wildman–Crippen LogP) is 10.8. The van der Waals surface area contributed by atoms with Gasteiger partial charge < -0.3 is 9.80 Å². The maximum Gasteiger partial charge on any atom is 0.248 e. The van der Waals surface area contributed by atoms with Crippen LogP contribution < -0.4 is 63.3 Å². The van der Waals surface area contributed by atoms with E-state index < -0.39 is 8.07 Å². The van der Waals surface area contributed by atoms with Gasteiger partial charge in [-0.05, 0) is 158 Å². The minimum Gasteiger partial charge on any atom is -0.312 e. The summed E-state index contributed by atoms with van der Waals surface area (Å²) in [5.41, 5.74) is 22.2. The standard InChI is InChI=1S/C71H46B2N2Si/c1-45-41-54-51-33-21-39-63-70(51)73(58-36-18-20-38-62(58)74(63)46-23-7-2-8-24-46)60-43-56-65(76(48-27-11-4-12-28-48,49-29-13-5-14-30-49)50-31-15-6-16-32-50)44-55-52-34-22-40-64-71(52)72(59-42-53(45)68(66(54)60)69(56)67(55)59)57-35-17-19-37-61(57)75(64)47-25-9-3-10-26-47/h2-44H,1H3. The summed E-state index contributed by atoms with van der Waals surface area (Å²) in [7, 11) is -3.19. The molecule has 0 aromatic heterocycles. The summed E-state index contributed by atoms with van der Waals surface area (Å²) in [6.45, 7) is 2.41. The third-order valence-corrected chi connectivity index (χ3v) is 22.6. The van der Waals surface area contributed by atoms with Gasteiger partial charge in [-0.2, -0.15) is 0 Å². The minimum absolute atomic E-state index is 0.00259. The fraction of sp³-hybridized carbons (Fsp3) is 0.0141. The SMILES string of the molecule is Cc1cc2c3c(cc4c([Si](c5ccccc5)(c5ccccc5)c5ccccc5)cc5c6c(cc1c3c46)B1c3ccccc3N(c3ccccc3)c3cccc-5c31)B1c3ccccc3N(c3ccccc3)c3cccc-2c31. The highest BCUT2D eigenvalue weighted by Crippen LogP contribution is 2.49. The van der Waals surface area contributed by atoms with Crippen molar-refractivity contribution in [2.45, 2.75) is 6.92 Å². The fourth-order valence-corrected chi connectivity index (χ4v) is 20.0. The predicted molar refractivity (Wildman–Crippen MR) is 328 cm³/mol. The summed E-state index contributed by atoms with van der Waals surface area (Å²) in [5, 5.41) is 13.9. The van der Waals surface area contributed by atoms with E-state index in [0.29, 0.717) is 0 Å². The summed E-state index contributed by atoms with van der Waals surface area (Å²) in [5.74, 6) is 0. The molecule has 13 aromatic rings. The molecule has 0 bridgehead atoms. The molecule has 4 heterocycles. The summed E-state index contributed by atoms with van der Waals surface area (Å²) in [4.78, 5) is 5.03. The van der Waals surface area contributed by atoms with Crippen molar-refractivity contribution in [3.05, 3.63) is 266 Å². The molecule has 0 amide bonds. The van der Waals surface area contributed by atoms with Crippen molar-refractivity contribution in [1.82, 2.24) is 0 Å². The third-order valence-electron chi connectivity index (χ3n) is 17.8. The van der Waals surface area contributed by atoms with Crippen molar-refractivity contribution in [3.8, 4) is 22.3 Å². The van der Waals surface area contributed by atoms with Crippen LogP contribution in [0.5, 0.6) is 0 Å². The molecule has 0 atom stereocenters. The first-order chi connectivity index (χ1) is 37.7. The number of nitrogens with zero attached hydrogens (tertiary/aromatic N) is 2. The molecule has 2 nitrogen and oxygen atoms in total. The van der Waals surface area contributed by atoms with E-state index in [0.717, 1.165) is 0 Å². The van der Waals surface area contributed by atoms with Crippen molar-refractivity contribution >= 4 is 141 Å². The highest BCUT2D eigenvalue weighted by molar-refractivity contribution is 7.21. The largest absolute Gasteiger partial charge is 0.312 e. The van der Waals surface area contributed by atoms with Crippen molar-refractivity contribution in [2.75, 3.05) is 9.80 Å². The molecule has 13 aromatic carbocycles. The van der Waals surface area contributed by atoms with E-state index in [4.69, 9.17) is 0 Å². The molecule has 0 saturated carbocycles. The Bertz CT molecular complexity index is 4450. The number of aryl methyl sites for hydroxylation is 1. The molecule has 0 saturated heterocycles. The van der Waals surface area contributed by atoms with Crippen molar-refractivity contribution < 1.29 is 0 Å². The average Bonchev–Trinajstić information content (AvgIpc) is 3.67. The Morgan fingerprint density at radius 3 is 1.16 bits per heavy atom. The fourth-order valence-electron chi connectivity index (χ4n) is 15.0. The molecule has 0 aliphatic carbocycles. The second-order valence-electron chi connectivity index (χ2n) is 21.4. The van der Waals surface area contributed by atoms with Gasteiger partial charge in [-0.15, -0.1) is 0 Å². The van der Waals surface area contributed by atoms with Crippen LogP contribution in [-0.4, -0.2) is 21.5 Å². The Balaban J connectivity index is 1.10. The summed E-state index contributed by atoms with van der Waals surface area (Å²) in [6.07, 6.45) is 0. The van der Waals surface area contributed by atoms with Crippen LogP contribution in [0.25, 0.3) is 54.6 Å². The van der Waals surface area contributed by atoms with Crippen LogP contribution in [0.4, 0.5) is 34.1 Å². The van der Waals surface area contributed by atoms with Gasteiger partial charge in [0, 0.05) is 34.1 Å². The minimum atomic E-state index is -3.19. The molecular weight excluding hydrogens is 931 g/mol. The molecule has 0 N–H and O–H groups in total. The lowest BCUT2D eigenvalue weighted by Gasteiger charge is -2.43.